The van der Waals surface area contributed by atoms with Gasteiger partial charge >= 0.3 is 0 Å². The van der Waals surface area contributed by atoms with E-state index in [4.69, 9.17) is 10.00 Å². The second kappa shape index (κ2) is 6.86. The molecule has 4 heteroatoms. The maximum Gasteiger partial charge on any atom is 0.254 e. The van der Waals surface area contributed by atoms with E-state index in [0.717, 1.165) is 5.56 Å². The summed E-state index contributed by atoms with van der Waals surface area (Å²) in [6.45, 7) is 4.53. The fraction of sp³-hybridized carbons (Fsp3) is 0.300. The molecule has 3 rings (SSSR count). The van der Waals surface area contributed by atoms with E-state index in [1.165, 1.54) is 0 Å². The fourth-order valence-corrected chi connectivity index (χ4v) is 3.25. The minimum atomic E-state index is -0.135. The summed E-state index contributed by atoms with van der Waals surface area (Å²) in [6, 6.07) is 18.8. The van der Waals surface area contributed by atoms with Gasteiger partial charge in [-0.15, -0.1) is 0 Å². The summed E-state index contributed by atoms with van der Waals surface area (Å²) in [4.78, 5) is 14.9. The highest BCUT2D eigenvalue weighted by Gasteiger charge is 2.37. The average Bonchev–Trinajstić information content (AvgIpc) is 2.62. The molecule has 2 aromatic rings. The standard InChI is InChI=1S/C20H20N2O2/c1-14-13-24-19(17-6-4-3-5-7-17)15(2)22(14)20(23)18-10-8-16(12-21)9-11-18/h3-11,14-15,19H,13H2,1-2H3. The van der Waals surface area contributed by atoms with Crippen LogP contribution in [0.2, 0.25) is 0 Å². The van der Waals surface area contributed by atoms with Gasteiger partial charge in [-0.3, -0.25) is 4.79 Å². The molecule has 1 aliphatic rings. The van der Waals surface area contributed by atoms with Gasteiger partial charge in [0, 0.05) is 5.56 Å². The molecule has 0 N–H and O–H groups in total. The Bertz CT molecular complexity index is 749. The monoisotopic (exact) mass is 320 g/mol. The smallest absolute Gasteiger partial charge is 0.254 e. The second-order valence-electron chi connectivity index (χ2n) is 6.16. The van der Waals surface area contributed by atoms with Crippen molar-refractivity contribution in [1.82, 2.24) is 4.90 Å². The Hall–Kier alpha value is -2.64. The molecule has 0 saturated carbocycles. The van der Waals surface area contributed by atoms with Crippen molar-refractivity contribution in [3.63, 3.8) is 0 Å². The lowest BCUT2D eigenvalue weighted by atomic mass is 9.97. The Labute approximate surface area is 142 Å². The summed E-state index contributed by atoms with van der Waals surface area (Å²) in [5.74, 6) is -0.0243. The van der Waals surface area contributed by atoms with Crippen molar-refractivity contribution in [2.75, 3.05) is 6.61 Å². The van der Waals surface area contributed by atoms with Crippen LogP contribution >= 0.6 is 0 Å². The molecule has 1 saturated heterocycles. The van der Waals surface area contributed by atoms with Crippen molar-refractivity contribution in [2.24, 2.45) is 0 Å². The highest BCUT2D eigenvalue weighted by molar-refractivity contribution is 5.94. The summed E-state index contributed by atoms with van der Waals surface area (Å²) in [5.41, 5.74) is 2.23. The lowest BCUT2D eigenvalue weighted by molar-refractivity contribution is -0.0806. The van der Waals surface area contributed by atoms with Crippen LogP contribution in [0, 0.1) is 11.3 Å². The maximum atomic E-state index is 13.0. The van der Waals surface area contributed by atoms with Crippen LogP contribution in [0.15, 0.2) is 54.6 Å². The Morgan fingerprint density at radius 1 is 1.12 bits per heavy atom. The lowest BCUT2D eigenvalue weighted by Gasteiger charge is -2.44. The van der Waals surface area contributed by atoms with Crippen LogP contribution in [0.1, 0.15) is 41.4 Å². The highest BCUT2D eigenvalue weighted by atomic mass is 16.5. The first-order valence-electron chi connectivity index (χ1n) is 8.11. The maximum absolute atomic E-state index is 13.0. The van der Waals surface area contributed by atoms with E-state index < -0.39 is 0 Å². The minimum Gasteiger partial charge on any atom is -0.369 e. The average molecular weight is 320 g/mol. The molecule has 4 nitrogen and oxygen atoms in total. The topological polar surface area (TPSA) is 53.3 Å². The van der Waals surface area contributed by atoms with Gasteiger partial charge in [0.15, 0.2) is 0 Å². The normalized spacial score (nSPS) is 23.5. The summed E-state index contributed by atoms with van der Waals surface area (Å²) < 4.78 is 6.00. The summed E-state index contributed by atoms with van der Waals surface area (Å²) in [6.07, 6.45) is -0.135. The Morgan fingerprint density at radius 2 is 1.79 bits per heavy atom. The van der Waals surface area contributed by atoms with Gasteiger partial charge in [-0.1, -0.05) is 30.3 Å². The van der Waals surface area contributed by atoms with Gasteiger partial charge in [0.05, 0.1) is 30.3 Å². The van der Waals surface area contributed by atoms with Gasteiger partial charge in [-0.05, 0) is 43.7 Å². The van der Waals surface area contributed by atoms with Gasteiger partial charge in [0.1, 0.15) is 6.10 Å². The Kier molecular flexibility index (Phi) is 4.64. The van der Waals surface area contributed by atoms with Crippen molar-refractivity contribution in [3.8, 4) is 6.07 Å². The van der Waals surface area contributed by atoms with E-state index in [2.05, 4.69) is 6.07 Å². The Balaban J connectivity index is 1.87. The summed E-state index contributed by atoms with van der Waals surface area (Å²) >= 11 is 0. The summed E-state index contributed by atoms with van der Waals surface area (Å²) in [5, 5.41) is 8.90. The summed E-state index contributed by atoms with van der Waals surface area (Å²) in [7, 11) is 0. The van der Waals surface area contributed by atoms with E-state index in [1.807, 2.05) is 49.1 Å². The number of rotatable bonds is 2. The van der Waals surface area contributed by atoms with Crippen LogP contribution in [-0.4, -0.2) is 29.5 Å². The predicted molar refractivity (Wildman–Crippen MR) is 91.4 cm³/mol. The highest BCUT2D eigenvalue weighted by Crippen LogP contribution is 2.31. The van der Waals surface area contributed by atoms with E-state index >= 15 is 0 Å². The lowest BCUT2D eigenvalue weighted by Crippen LogP contribution is -2.53. The predicted octanol–water partition coefficient (Wildman–Crippen LogP) is 3.55. The first-order valence-corrected chi connectivity index (χ1v) is 8.11. The molecule has 1 fully saturated rings. The number of nitrogens with zero attached hydrogens (tertiary/aromatic N) is 2. The van der Waals surface area contributed by atoms with Crippen molar-refractivity contribution in [1.29, 1.82) is 5.26 Å². The van der Waals surface area contributed by atoms with Crippen LogP contribution in [0.3, 0.4) is 0 Å². The number of hydrogen-bond acceptors (Lipinski definition) is 3. The number of ether oxygens (including phenoxy) is 1. The fourth-order valence-electron chi connectivity index (χ4n) is 3.25. The Morgan fingerprint density at radius 3 is 2.42 bits per heavy atom. The van der Waals surface area contributed by atoms with E-state index in [0.29, 0.717) is 17.7 Å². The van der Waals surface area contributed by atoms with Crippen LogP contribution < -0.4 is 0 Å². The number of benzene rings is 2. The molecule has 1 aliphatic heterocycles. The molecule has 1 heterocycles. The molecule has 3 atom stereocenters. The van der Waals surface area contributed by atoms with Crippen molar-refractivity contribution in [2.45, 2.75) is 32.0 Å². The molecule has 122 valence electrons. The number of carbonyl (C=O) groups excluding carboxylic acids is 1. The van der Waals surface area contributed by atoms with Gasteiger partial charge in [-0.25, -0.2) is 0 Å². The molecule has 3 unspecified atom stereocenters. The van der Waals surface area contributed by atoms with E-state index in [1.54, 1.807) is 24.3 Å². The van der Waals surface area contributed by atoms with Crippen molar-refractivity contribution >= 4 is 5.91 Å². The first kappa shape index (κ1) is 16.2. The van der Waals surface area contributed by atoms with E-state index in [-0.39, 0.29) is 24.1 Å². The molecule has 0 bridgehead atoms. The first-order chi connectivity index (χ1) is 11.6. The van der Waals surface area contributed by atoms with Crippen LogP contribution in [0.5, 0.6) is 0 Å². The zero-order valence-corrected chi connectivity index (χ0v) is 13.8. The zero-order valence-electron chi connectivity index (χ0n) is 13.8. The number of nitriles is 1. The zero-order chi connectivity index (χ0) is 17.1. The molecule has 0 aliphatic carbocycles. The van der Waals surface area contributed by atoms with Gasteiger partial charge in [-0.2, -0.15) is 5.26 Å². The number of hydrogen-bond donors (Lipinski definition) is 0. The largest absolute Gasteiger partial charge is 0.369 e. The molecule has 0 spiro atoms. The second-order valence-corrected chi connectivity index (χ2v) is 6.16. The van der Waals surface area contributed by atoms with Crippen LogP contribution in [-0.2, 0) is 4.74 Å². The molecule has 0 radical (unpaired) electrons. The number of morpholine rings is 1. The molecular formula is C20H20N2O2. The van der Waals surface area contributed by atoms with E-state index in [9.17, 15) is 4.79 Å². The van der Waals surface area contributed by atoms with Crippen molar-refractivity contribution < 1.29 is 9.53 Å². The molecule has 2 aromatic carbocycles. The van der Waals surface area contributed by atoms with Gasteiger partial charge in [0.25, 0.3) is 5.91 Å². The number of amides is 1. The van der Waals surface area contributed by atoms with Crippen LogP contribution in [0.25, 0.3) is 0 Å². The van der Waals surface area contributed by atoms with Gasteiger partial charge in [0.2, 0.25) is 0 Å². The third-order valence-corrected chi connectivity index (χ3v) is 4.49. The molecule has 1 amide bonds. The molecule has 24 heavy (non-hydrogen) atoms. The van der Waals surface area contributed by atoms with Crippen molar-refractivity contribution in [3.05, 3.63) is 71.3 Å². The number of carbonyl (C=O) groups is 1. The quantitative estimate of drug-likeness (QED) is 0.850. The third kappa shape index (κ3) is 3.04. The SMILES string of the molecule is CC1COC(c2ccccc2)C(C)N1C(=O)c1ccc(C#N)cc1. The third-order valence-electron chi connectivity index (χ3n) is 4.49. The van der Waals surface area contributed by atoms with Gasteiger partial charge < -0.3 is 9.64 Å². The van der Waals surface area contributed by atoms with Crippen LogP contribution in [0.4, 0.5) is 0 Å². The minimum absolute atomic E-state index is 0.00288. The molecule has 0 aromatic heterocycles. The molecular weight excluding hydrogens is 300 g/mol.